The number of carboxylic acid groups (broad SMARTS) is 1. The Labute approximate surface area is 144 Å². The number of rotatable bonds is 6. The summed E-state index contributed by atoms with van der Waals surface area (Å²) in [5.74, 6) is -3.21. The fraction of sp³-hybridized carbons (Fsp3) is 0.625. The van der Waals surface area contributed by atoms with E-state index in [2.05, 4.69) is 10.3 Å². The van der Waals surface area contributed by atoms with Crippen LogP contribution in [0.15, 0.2) is 0 Å². The molecule has 132 valence electrons. The lowest BCUT2D eigenvalue weighted by Crippen LogP contribution is -2.42. The summed E-state index contributed by atoms with van der Waals surface area (Å²) in [6.45, 7) is 3.80. The molecule has 1 heterocycles. The third kappa shape index (κ3) is 4.53. The zero-order chi connectivity index (χ0) is 17.7. The van der Waals surface area contributed by atoms with Gasteiger partial charge < -0.3 is 20.0 Å². The monoisotopic (exact) mass is 353 g/mol. The minimum atomic E-state index is -1.17. The molecule has 1 saturated carbocycles. The number of carboxylic acids is 1. The molecule has 0 saturated heterocycles. The van der Waals surface area contributed by atoms with E-state index >= 15 is 0 Å². The van der Waals surface area contributed by atoms with Crippen LogP contribution in [0, 0.1) is 18.8 Å². The number of hydrogen-bond donors (Lipinski definition) is 1. The Morgan fingerprint density at radius 3 is 2.58 bits per heavy atom. The van der Waals surface area contributed by atoms with Crippen molar-refractivity contribution in [3.63, 3.8) is 0 Å². The lowest BCUT2D eigenvalue weighted by Gasteiger charge is -2.30. The summed E-state index contributed by atoms with van der Waals surface area (Å²) in [6, 6.07) is 0. The van der Waals surface area contributed by atoms with E-state index < -0.39 is 17.8 Å². The highest BCUT2D eigenvalue weighted by atomic mass is 32.1. The molecule has 0 bridgehead atoms. The smallest absolute Gasteiger partial charge is 0.311 e. The van der Waals surface area contributed by atoms with E-state index in [4.69, 9.17) is 4.74 Å². The molecule has 1 amide bonds. The van der Waals surface area contributed by atoms with Gasteiger partial charge in [-0.2, -0.15) is 0 Å². The normalized spacial score (nSPS) is 20.4. The van der Waals surface area contributed by atoms with Gasteiger partial charge in [0.2, 0.25) is 5.91 Å². The van der Waals surface area contributed by atoms with Crippen LogP contribution in [0.4, 0.5) is 5.13 Å². The van der Waals surface area contributed by atoms with Crippen molar-refractivity contribution in [1.82, 2.24) is 4.98 Å². The Hall–Kier alpha value is -1.96. The number of esters is 1. The lowest BCUT2D eigenvalue weighted by molar-refractivity contribution is -0.313. The summed E-state index contributed by atoms with van der Waals surface area (Å²) in [5, 5.41) is 14.3. The largest absolute Gasteiger partial charge is 0.550 e. The minimum Gasteiger partial charge on any atom is -0.550 e. The number of ether oxygens (including phenoxy) is 1. The maximum absolute atomic E-state index is 12.4. The van der Waals surface area contributed by atoms with Gasteiger partial charge in [0.25, 0.3) is 0 Å². The van der Waals surface area contributed by atoms with Crippen molar-refractivity contribution in [3.05, 3.63) is 10.6 Å². The lowest BCUT2D eigenvalue weighted by atomic mass is 9.79. The number of hydrogen-bond acceptors (Lipinski definition) is 7. The van der Waals surface area contributed by atoms with E-state index in [1.807, 2.05) is 0 Å². The number of thiazole rings is 1. The van der Waals surface area contributed by atoms with Crippen molar-refractivity contribution in [2.24, 2.45) is 11.8 Å². The van der Waals surface area contributed by atoms with Gasteiger partial charge in [0.15, 0.2) is 5.13 Å². The molecule has 7 nitrogen and oxygen atoms in total. The van der Waals surface area contributed by atoms with Crippen LogP contribution in [-0.4, -0.2) is 29.4 Å². The van der Waals surface area contributed by atoms with E-state index in [-0.39, 0.29) is 18.3 Å². The fourth-order valence-corrected chi connectivity index (χ4v) is 3.86. The molecule has 1 N–H and O–H groups in total. The SMILES string of the molecule is CCOC(=O)Cc1sc(NC(=O)[C@@H]2CCCC[C@H]2C(=O)[O-])nc1C. The molecule has 1 aromatic rings. The topological polar surface area (TPSA) is 108 Å². The van der Waals surface area contributed by atoms with Gasteiger partial charge >= 0.3 is 5.97 Å². The summed E-state index contributed by atoms with van der Waals surface area (Å²) in [6.07, 6.45) is 2.73. The van der Waals surface area contributed by atoms with Gasteiger partial charge in [0, 0.05) is 22.7 Å². The van der Waals surface area contributed by atoms with Gasteiger partial charge in [0.1, 0.15) is 0 Å². The van der Waals surface area contributed by atoms with Crippen LogP contribution in [0.5, 0.6) is 0 Å². The van der Waals surface area contributed by atoms with Crippen LogP contribution in [0.2, 0.25) is 0 Å². The highest BCUT2D eigenvalue weighted by Gasteiger charge is 2.32. The molecule has 1 aliphatic rings. The molecular weight excluding hydrogens is 332 g/mol. The van der Waals surface area contributed by atoms with E-state index in [1.54, 1.807) is 13.8 Å². The van der Waals surface area contributed by atoms with Crippen molar-refractivity contribution >= 4 is 34.3 Å². The number of aliphatic carboxylic acids is 1. The van der Waals surface area contributed by atoms with Gasteiger partial charge in [-0.3, -0.25) is 9.59 Å². The first-order valence-electron chi connectivity index (χ1n) is 8.06. The van der Waals surface area contributed by atoms with Crippen molar-refractivity contribution in [2.75, 3.05) is 11.9 Å². The molecule has 1 aromatic heterocycles. The zero-order valence-corrected chi connectivity index (χ0v) is 14.6. The molecule has 0 spiro atoms. The molecule has 0 radical (unpaired) electrons. The Morgan fingerprint density at radius 1 is 1.29 bits per heavy atom. The molecule has 0 aromatic carbocycles. The molecule has 0 unspecified atom stereocenters. The van der Waals surface area contributed by atoms with Gasteiger partial charge in [0.05, 0.1) is 18.7 Å². The number of carbonyl (C=O) groups is 3. The highest BCUT2D eigenvalue weighted by Crippen LogP contribution is 2.31. The molecule has 1 aliphatic carbocycles. The van der Waals surface area contributed by atoms with Gasteiger partial charge in [-0.05, 0) is 26.7 Å². The second-order valence-electron chi connectivity index (χ2n) is 5.82. The summed E-state index contributed by atoms with van der Waals surface area (Å²) in [5.41, 5.74) is 0.656. The Bertz CT molecular complexity index is 628. The standard InChI is InChI=1S/C16H22N2O5S/c1-3-23-13(19)8-12-9(2)17-16(24-12)18-14(20)10-6-4-5-7-11(10)15(21)22/h10-11H,3-8H2,1-2H3,(H,21,22)(H,17,18,20)/p-1/t10-,11-/m1/s1. The second kappa shape index (κ2) is 8.23. The predicted molar refractivity (Wildman–Crippen MR) is 86.3 cm³/mol. The van der Waals surface area contributed by atoms with E-state index in [0.29, 0.717) is 30.3 Å². The molecule has 2 rings (SSSR count). The third-order valence-electron chi connectivity index (χ3n) is 4.14. The summed E-state index contributed by atoms with van der Waals surface area (Å²) in [4.78, 5) is 40.1. The van der Waals surface area contributed by atoms with Gasteiger partial charge in [-0.25, -0.2) is 4.98 Å². The maximum atomic E-state index is 12.4. The molecule has 24 heavy (non-hydrogen) atoms. The average Bonchev–Trinajstić information content (AvgIpc) is 2.86. The molecule has 0 aliphatic heterocycles. The number of aromatic nitrogens is 1. The summed E-state index contributed by atoms with van der Waals surface area (Å²) in [7, 11) is 0. The van der Waals surface area contributed by atoms with E-state index in [9.17, 15) is 19.5 Å². The Balaban J connectivity index is 2.03. The molecule has 8 heteroatoms. The number of anilines is 1. The molecule has 1 fully saturated rings. The summed E-state index contributed by atoms with van der Waals surface area (Å²) < 4.78 is 4.91. The maximum Gasteiger partial charge on any atom is 0.311 e. The average molecular weight is 353 g/mol. The first-order chi connectivity index (χ1) is 11.4. The van der Waals surface area contributed by atoms with E-state index in [0.717, 1.165) is 17.7 Å². The number of amides is 1. The third-order valence-corrected chi connectivity index (χ3v) is 5.21. The predicted octanol–water partition coefficient (Wildman–Crippen LogP) is 1.05. The quantitative estimate of drug-likeness (QED) is 0.766. The van der Waals surface area contributed by atoms with Crippen molar-refractivity contribution in [3.8, 4) is 0 Å². The van der Waals surface area contributed by atoms with Crippen LogP contribution in [0.25, 0.3) is 0 Å². The van der Waals surface area contributed by atoms with Crippen molar-refractivity contribution in [1.29, 1.82) is 0 Å². The first-order valence-corrected chi connectivity index (χ1v) is 8.87. The van der Waals surface area contributed by atoms with Crippen LogP contribution in [0.1, 0.15) is 43.2 Å². The Morgan fingerprint density at radius 2 is 1.96 bits per heavy atom. The molecular formula is C16H21N2O5S-. The number of nitrogens with one attached hydrogen (secondary N) is 1. The van der Waals surface area contributed by atoms with Crippen LogP contribution < -0.4 is 10.4 Å². The molecule has 2 atom stereocenters. The minimum absolute atomic E-state index is 0.109. The second-order valence-corrected chi connectivity index (χ2v) is 6.90. The van der Waals surface area contributed by atoms with Crippen LogP contribution in [-0.2, 0) is 25.5 Å². The van der Waals surface area contributed by atoms with Crippen LogP contribution in [0.3, 0.4) is 0 Å². The van der Waals surface area contributed by atoms with Gasteiger partial charge in [-0.15, -0.1) is 11.3 Å². The van der Waals surface area contributed by atoms with Crippen molar-refractivity contribution < 1.29 is 24.2 Å². The van der Waals surface area contributed by atoms with Crippen LogP contribution >= 0.6 is 11.3 Å². The number of aryl methyl sites for hydroxylation is 1. The Kier molecular flexibility index (Phi) is 6.30. The van der Waals surface area contributed by atoms with Crippen molar-refractivity contribution in [2.45, 2.75) is 46.0 Å². The number of carbonyl (C=O) groups excluding carboxylic acids is 3. The highest BCUT2D eigenvalue weighted by molar-refractivity contribution is 7.16. The fourth-order valence-electron chi connectivity index (χ4n) is 2.91. The number of nitrogens with zero attached hydrogens (tertiary/aromatic N) is 1. The first kappa shape index (κ1) is 18.4. The van der Waals surface area contributed by atoms with E-state index in [1.165, 1.54) is 11.3 Å². The zero-order valence-electron chi connectivity index (χ0n) is 13.8. The summed E-state index contributed by atoms with van der Waals surface area (Å²) >= 11 is 1.21. The van der Waals surface area contributed by atoms with Gasteiger partial charge in [-0.1, -0.05) is 12.8 Å².